The van der Waals surface area contributed by atoms with E-state index in [4.69, 9.17) is 4.74 Å². The summed E-state index contributed by atoms with van der Waals surface area (Å²) in [6.45, 7) is 1.26. The highest BCUT2D eigenvalue weighted by Crippen LogP contribution is 2.23. The van der Waals surface area contributed by atoms with Crippen LogP contribution in [0.25, 0.3) is 0 Å². The average molecular weight is 461 g/mol. The number of hydrogen-bond acceptors (Lipinski definition) is 10. The van der Waals surface area contributed by atoms with E-state index in [9.17, 15) is 14.4 Å². The molecule has 0 saturated heterocycles. The molecule has 0 fully saturated rings. The number of ether oxygens (including phenoxy) is 1. The molecule has 1 aromatic carbocycles. The maximum atomic E-state index is 12.6. The Labute approximate surface area is 186 Å². The zero-order chi connectivity index (χ0) is 22.1. The van der Waals surface area contributed by atoms with Crippen molar-refractivity contribution in [3.8, 4) is 0 Å². The first-order valence-corrected chi connectivity index (χ1v) is 11.1. The molecule has 0 saturated carbocycles. The van der Waals surface area contributed by atoms with Gasteiger partial charge in [0.05, 0.1) is 0 Å². The molecule has 1 unspecified atom stereocenters. The van der Waals surface area contributed by atoms with E-state index < -0.39 is 18.0 Å². The molecule has 2 amide bonds. The van der Waals surface area contributed by atoms with Crippen LogP contribution in [0.2, 0.25) is 0 Å². The van der Waals surface area contributed by atoms with E-state index in [2.05, 4.69) is 31.0 Å². The first kappa shape index (κ1) is 22.4. The number of aromatic nitrogens is 4. The summed E-state index contributed by atoms with van der Waals surface area (Å²) in [4.78, 5) is 34.4. The van der Waals surface area contributed by atoms with Crippen molar-refractivity contribution >= 4 is 51.2 Å². The van der Waals surface area contributed by atoms with Crippen LogP contribution in [0.5, 0.6) is 0 Å². The molecule has 31 heavy (non-hydrogen) atoms. The van der Waals surface area contributed by atoms with Gasteiger partial charge in [0.1, 0.15) is 10.0 Å². The minimum absolute atomic E-state index is 0.349. The van der Waals surface area contributed by atoms with Gasteiger partial charge >= 0.3 is 5.97 Å². The lowest BCUT2D eigenvalue weighted by molar-refractivity contribution is -0.152. The predicted octanol–water partition coefficient (Wildman–Crippen LogP) is 2.77. The summed E-state index contributed by atoms with van der Waals surface area (Å²) in [6.07, 6.45) is 2.71. The number of hydrogen-bond donors (Lipinski definition) is 2. The number of carbonyl (C=O) groups excluding carboxylic acids is 3. The normalized spacial score (nSPS) is 11.5. The van der Waals surface area contributed by atoms with E-state index in [0.717, 1.165) is 29.3 Å². The number of nitrogens with zero attached hydrogens (tertiary/aromatic N) is 4. The summed E-state index contributed by atoms with van der Waals surface area (Å²) in [7, 11) is 0. The molecule has 0 radical (unpaired) electrons. The molecule has 0 bridgehead atoms. The molecule has 12 heteroatoms. The van der Waals surface area contributed by atoms with Crippen LogP contribution in [0.4, 0.5) is 10.3 Å². The van der Waals surface area contributed by atoms with Crippen molar-refractivity contribution in [1.29, 1.82) is 0 Å². The van der Waals surface area contributed by atoms with Crippen molar-refractivity contribution < 1.29 is 19.1 Å². The quantitative estimate of drug-likeness (QED) is 0.253. The highest BCUT2D eigenvalue weighted by atomic mass is 32.1. The standard InChI is InChI=1S/C19H20N6O4S2/c1-12(27)29-16(13-7-3-2-4-8-13)17(28)21-19-25-23-15(31-19)10-6-5-9-14-22-24-18(30-14)20-11-26/h2-4,7-8,11,16H,5-6,9-10H2,1H3,(H,20,24,26)(H,21,25,28). The Morgan fingerprint density at radius 3 is 2.23 bits per heavy atom. The number of esters is 1. The van der Waals surface area contributed by atoms with Crippen LogP contribution in [0.3, 0.4) is 0 Å². The van der Waals surface area contributed by atoms with Crippen molar-refractivity contribution in [2.24, 2.45) is 0 Å². The smallest absolute Gasteiger partial charge is 0.303 e. The third kappa shape index (κ3) is 6.89. The molecule has 162 valence electrons. The van der Waals surface area contributed by atoms with Gasteiger partial charge in [-0.1, -0.05) is 53.0 Å². The van der Waals surface area contributed by atoms with Crippen molar-refractivity contribution in [1.82, 2.24) is 20.4 Å². The SMILES string of the molecule is CC(=O)OC(C(=O)Nc1nnc(CCCCc2nnc(NC=O)s2)s1)c1ccccc1. The van der Waals surface area contributed by atoms with Gasteiger partial charge in [0, 0.05) is 25.3 Å². The van der Waals surface area contributed by atoms with E-state index in [1.54, 1.807) is 24.3 Å². The lowest BCUT2D eigenvalue weighted by atomic mass is 10.1. The number of rotatable bonds is 11. The maximum Gasteiger partial charge on any atom is 0.303 e. The first-order valence-electron chi connectivity index (χ1n) is 9.43. The third-order valence-electron chi connectivity index (χ3n) is 4.00. The van der Waals surface area contributed by atoms with Gasteiger partial charge in [-0.05, 0) is 12.8 Å². The van der Waals surface area contributed by atoms with Crippen LogP contribution in [0, 0.1) is 0 Å². The molecule has 2 aromatic heterocycles. The number of anilines is 2. The predicted molar refractivity (Wildman–Crippen MR) is 116 cm³/mol. The van der Waals surface area contributed by atoms with Gasteiger partial charge < -0.3 is 10.1 Å². The topological polar surface area (TPSA) is 136 Å². The van der Waals surface area contributed by atoms with Gasteiger partial charge in [0.25, 0.3) is 5.91 Å². The Morgan fingerprint density at radius 1 is 1.00 bits per heavy atom. The van der Waals surface area contributed by atoms with Gasteiger partial charge in [-0.15, -0.1) is 20.4 Å². The molecule has 2 heterocycles. The fourth-order valence-corrected chi connectivity index (χ4v) is 4.18. The molecular weight excluding hydrogens is 440 g/mol. The number of aryl methyl sites for hydroxylation is 2. The minimum Gasteiger partial charge on any atom is -0.447 e. The van der Waals surface area contributed by atoms with Crippen LogP contribution in [-0.4, -0.2) is 38.7 Å². The maximum absolute atomic E-state index is 12.6. The van der Waals surface area contributed by atoms with E-state index in [1.807, 2.05) is 6.07 Å². The zero-order valence-corrected chi connectivity index (χ0v) is 18.2. The Morgan fingerprint density at radius 2 is 1.61 bits per heavy atom. The number of benzene rings is 1. The lowest BCUT2D eigenvalue weighted by Crippen LogP contribution is -2.25. The summed E-state index contributed by atoms with van der Waals surface area (Å²) in [5.41, 5.74) is 0.572. The van der Waals surface area contributed by atoms with E-state index in [0.29, 0.717) is 28.7 Å². The summed E-state index contributed by atoms with van der Waals surface area (Å²) in [6, 6.07) is 8.78. The van der Waals surface area contributed by atoms with Crippen molar-refractivity contribution in [3.63, 3.8) is 0 Å². The van der Waals surface area contributed by atoms with Crippen molar-refractivity contribution in [2.75, 3.05) is 10.6 Å². The van der Waals surface area contributed by atoms with Crippen LogP contribution in [0.15, 0.2) is 30.3 Å². The number of unbranched alkanes of at least 4 members (excludes halogenated alkanes) is 1. The first-order chi connectivity index (χ1) is 15.0. The molecule has 0 spiro atoms. The van der Waals surface area contributed by atoms with Gasteiger partial charge in [-0.3, -0.25) is 19.7 Å². The summed E-state index contributed by atoms with van der Waals surface area (Å²) in [5, 5.41) is 23.6. The molecule has 0 aliphatic carbocycles. The molecule has 0 aliphatic heterocycles. The highest BCUT2D eigenvalue weighted by molar-refractivity contribution is 7.15. The molecule has 3 rings (SSSR count). The van der Waals surface area contributed by atoms with Crippen LogP contribution >= 0.6 is 22.7 Å². The fraction of sp³-hybridized carbons (Fsp3) is 0.316. The lowest BCUT2D eigenvalue weighted by Gasteiger charge is -2.15. The second-order valence-electron chi connectivity index (χ2n) is 6.36. The molecule has 3 aromatic rings. The van der Waals surface area contributed by atoms with Crippen molar-refractivity contribution in [3.05, 3.63) is 45.9 Å². The largest absolute Gasteiger partial charge is 0.447 e. The third-order valence-corrected chi connectivity index (χ3v) is 5.81. The van der Waals surface area contributed by atoms with Gasteiger partial charge in [0.15, 0.2) is 0 Å². The number of carbonyl (C=O) groups is 3. The Bertz CT molecular complexity index is 1020. The summed E-state index contributed by atoms with van der Waals surface area (Å²) in [5.74, 6) is -1.04. The molecule has 1 atom stereocenters. The number of nitrogens with one attached hydrogen (secondary N) is 2. The summed E-state index contributed by atoms with van der Waals surface area (Å²) < 4.78 is 5.19. The van der Waals surface area contributed by atoms with Crippen molar-refractivity contribution in [2.45, 2.75) is 38.7 Å². The molecule has 0 aliphatic rings. The van der Waals surface area contributed by atoms with E-state index in [1.165, 1.54) is 29.6 Å². The Balaban J connectivity index is 1.49. The van der Waals surface area contributed by atoms with E-state index in [-0.39, 0.29) is 0 Å². The van der Waals surface area contributed by atoms with Crippen LogP contribution in [0.1, 0.15) is 41.4 Å². The summed E-state index contributed by atoms with van der Waals surface area (Å²) >= 11 is 2.63. The minimum atomic E-state index is -1.06. The second kappa shape index (κ2) is 11.2. The van der Waals surface area contributed by atoms with Gasteiger partial charge in [-0.2, -0.15) is 0 Å². The molecule has 2 N–H and O–H groups in total. The van der Waals surface area contributed by atoms with Crippen LogP contribution < -0.4 is 10.6 Å². The van der Waals surface area contributed by atoms with E-state index >= 15 is 0 Å². The zero-order valence-electron chi connectivity index (χ0n) is 16.6. The highest BCUT2D eigenvalue weighted by Gasteiger charge is 2.24. The Hall–Kier alpha value is -3.25. The average Bonchev–Trinajstić information content (AvgIpc) is 3.39. The molecule has 10 nitrogen and oxygen atoms in total. The molecular formula is C19H20N6O4S2. The van der Waals surface area contributed by atoms with Gasteiger partial charge in [0.2, 0.25) is 22.8 Å². The van der Waals surface area contributed by atoms with Crippen LogP contribution in [-0.2, 0) is 32.0 Å². The Kier molecular flexibility index (Phi) is 8.12. The fourth-order valence-electron chi connectivity index (χ4n) is 2.66. The monoisotopic (exact) mass is 460 g/mol. The van der Waals surface area contributed by atoms with Gasteiger partial charge in [-0.25, -0.2) is 0 Å². The number of amides is 2. The second-order valence-corrected chi connectivity index (χ2v) is 8.48.